The number of alkyl halides is 3. The van der Waals surface area contributed by atoms with Gasteiger partial charge in [-0.3, -0.25) is 0 Å². The molecule has 5 heteroatoms. The maximum atomic E-state index is 12.6. The van der Waals surface area contributed by atoms with Crippen LogP contribution in [0.5, 0.6) is 11.5 Å². The van der Waals surface area contributed by atoms with Crippen molar-refractivity contribution in [2.24, 2.45) is 0 Å². The molecule has 0 N–H and O–H groups in total. The van der Waals surface area contributed by atoms with Gasteiger partial charge in [0.05, 0.1) is 19.8 Å². The van der Waals surface area contributed by atoms with E-state index in [1.54, 1.807) is 20.3 Å². The highest BCUT2D eigenvalue weighted by atomic mass is 19.4. The lowest BCUT2D eigenvalue weighted by molar-refractivity contribution is -0.137. The van der Waals surface area contributed by atoms with Crippen molar-refractivity contribution in [2.75, 3.05) is 14.2 Å². The summed E-state index contributed by atoms with van der Waals surface area (Å²) in [4.78, 5) is 0. The van der Waals surface area contributed by atoms with Gasteiger partial charge in [-0.05, 0) is 35.4 Å². The predicted molar refractivity (Wildman–Crippen MR) is 78.5 cm³/mol. The van der Waals surface area contributed by atoms with Crippen molar-refractivity contribution in [1.82, 2.24) is 0 Å². The Morgan fingerprint density at radius 1 is 0.818 bits per heavy atom. The van der Waals surface area contributed by atoms with Gasteiger partial charge in [0.1, 0.15) is 0 Å². The quantitative estimate of drug-likeness (QED) is 0.801. The molecule has 0 fully saturated rings. The van der Waals surface area contributed by atoms with E-state index in [9.17, 15) is 13.2 Å². The molecule has 0 aliphatic heterocycles. The Hall–Kier alpha value is -2.17. The highest BCUT2D eigenvalue weighted by molar-refractivity contribution is 5.46. The van der Waals surface area contributed by atoms with Crippen molar-refractivity contribution in [2.45, 2.75) is 19.0 Å². The van der Waals surface area contributed by atoms with Crippen LogP contribution in [0.2, 0.25) is 0 Å². The minimum atomic E-state index is -4.31. The zero-order valence-electron chi connectivity index (χ0n) is 12.6. The van der Waals surface area contributed by atoms with Crippen molar-refractivity contribution in [1.29, 1.82) is 0 Å². The van der Waals surface area contributed by atoms with Crippen molar-refractivity contribution in [3.63, 3.8) is 0 Å². The van der Waals surface area contributed by atoms with E-state index in [4.69, 9.17) is 9.47 Å². The number of hydrogen-bond acceptors (Lipinski definition) is 2. The number of hydrogen-bond donors (Lipinski definition) is 0. The molecule has 0 heterocycles. The molecule has 0 saturated heterocycles. The molecule has 0 aromatic heterocycles. The van der Waals surface area contributed by atoms with E-state index in [1.165, 1.54) is 12.1 Å². The second-order valence-corrected chi connectivity index (χ2v) is 4.96. The summed E-state index contributed by atoms with van der Waals surface area (Å²) in [7, 11) is 3.10. The van der Waals surface area contributed by atoms with Crippen LogP contribution in [0.4, 0.5) is 13.2 Å². The first-order valence-electron chi connectivity index (χ1n) is 6.76. The maximum absolute atomic E-state index is 12.6. The number of ether oxygens (including phenoxy) is 2. The fourth-order valence-electron chi connectivity index (χ4n) is 2.28. The highest BCUT2D eigenvalue weighted by Gasteiger charge is 2.30. The van der Waals surface area contributed by atoms with E-state index in [1.807, 2.05) is 19.1 Å². The smallest absolute Gasteiger partial charge is 0.416 e. The van der Waals surface area contributed by atoms with Crippen LogP contribution in [0, 0.1) is 0 Å². The van der Waals surface area contributed by atoms with Gasteiger partial charge in [0.25, 0.3) is 0 Å². The van der Waals surface area contributed by atoms with Crippen LogP contribution in [0.15, 0.2) is 42.5 Å². The van der Waals surface area contributed by atoms with Gasteiger partial charge in [-0.15, -0.1) is 0 Å². The van der Waals surface area contributed by atoms with E-state index in [2.05, 4.69) is 0 Å². The fourth-order valence-corrected chi connectivity index (χ4v) is 2.28. The van der Waals surface area contributed by atoms with Gasteiger partial charge < -0.3 is 9.47 Å². The van der Waals surface area contributed by atoms with Crippen molar-refractivity contribution in [3.8, 4) is 11.5 Å². The molecule has 0 aliphatic rings. The SMILES string of the molecule is COc1ccc(C(C)c2ccc(C(F)(F)F)cc2)cc1OC. The fraction of sp³-hybridized carbons (Fsp3) is 0.294. The molecule has 1 unspecified atom stereocenters. The van der Waals surface area contributed by atoms with E-state index in [-0.39, 0.29) is 5.92 Å². The van der Waals surface area contributed by atoms with Crippen LogP contribution in [-0.4, -0.2) is 14.2 Å². The highest BCUT2D eigenvalue weighted by Crippen LogP contribution is 2.34. The summed E-state index contributed by atoms with van der Waals surface area (Å²) >= 11 is 0. The summed E-state index contributed by atoms with van der Waals surface area (Å²) in [5.74, 6) is 1.16. The van der Waals surface area contributed by atoms with Gasteiger partial charge in [-0.1, -0.05) is 25.1 Å². The number of rotatable bonds is 4. The van der Waals surface area contributed by atoms with Crippen LogP contribution in [0.25, 0.3) is 0 Å². The molecule has 1 atom stereocenters. The van der Waals surface area contributed by atoms with Crippen molar-refractivity contribution >= 4 is 0 Å². The summed E-state index contributed by atoms with van der Waals surface area (Å²) in [6.07, 6.45) is -4.31. The number of benzene rings is 2. The second-order valence-electron chi connectivity index (χ2n) is 4.96. The van der Waals surface area contributed by atoms with Gasteiger partial charge in [-0.25, -0.2) is 0 Å². The van der Waals surface area contributed by atoms with E-state index in [0.29, 0.717) is 11.5 Å². The monoisotopic (exact) mass is 310 g/mol. The summed E-state index contributed by atoms with van der Waals surface area (Å²) in [6, 6.07) is 10.7. The Labute approximate surface area is 127 Å². The first kappa shape index (κ1) is 16.2. The Morgan fingerprint density at radius 3 is 1.86 bits per heavy atom. The average Bonchev–Trinajstić information content (AvgIpc) is 2.52. The number of halogens is 3. The van der Waals surface area contributed by atoms with E-state index >= 15 is 0 Å². The third-order valence-electron chi connectivity index (χ3n) is 3.65. The summed E-state index contributed by atoms with van der Waals surface area (Å²) < 4.78 is 48.2. The molecular formula is C17H17F3O2. The Balaban J connectivity index is 2.30. The van der Waals surface area contributed by atoms with Gasteiger partial charge in [0.2, 0.25) is 0 Å². The average molecular weight is 310 g/mol. The van der Waals surface area contributed by atoms with Crippen LogP contribution < -0.4 is 9.47 Å². The van der Waals surface area contributed by atoms with Crippen molar-refractivity contribution < 1.29 is 22.6 Å². The summed E-state index contributed by atoms with van der Waals surface area (Å²) in [6.45, 7) is 1.93. The van der Waals surface area contributed by atoms with Gasteiger partial charge in [-0.2, -0.15) is 13.2 Å². The zero-order valence-corrected chi connectivity index (χ0v) is 12.6. The standard InChI is InChI=1S/C17H17F3O2/c1-11(12-4-7-14(8-5-12)17(18,19)20)13-6-9-15(21-2)16(10-13)22-3/h4-11H,1-3H3. The van der Waals surface area contributed by atoms with Crippen LogP contribution in [-0.2, 0) is 6.18 Å². The summed E-state index contributed by atoms with van der Waals surface area (Å²) in [5.41, 5.74) is 1.10. The van der Waals surface area contributed by atoms with E-state index in [0.717, 1.165) is 23.3 Å². The topological polar surface area (TPSA) is 18.5 Å². The molecule has 0 saturated carbocycles. The molecule has 22 heavy (non-hydrogen) atoms. The predicted octanol–water partition coefficient (Wildman–Crippen LogP) is 4.87. The van der Waals surface area contributed by atoms with Crippen LogP contribution in [0.1, 0.15) is 29.5 Å². The third kappa shape index (κ3) is 3.35. The van der Waals surface area contributed by atoms with Gasteiger partial charge >= 0.3 is 6.18 Å². The Bertz CT molecular complexity index is 633. The lowest BCUT2D eigenvalue weighted by Crippen LogP contribution is -2.05. The van der Waals surface area contributed by atoms with Crippen LogP contribution in [0.3, 0.4) is 0 Å². The second kappa shape index (κ2) is 6.30. The minimum absolute atomic E-state index is 0.0536. The largest absolute Gasteiger partial charge is 0.493 e. The molecule has 0 bridgehead atoms. The normalized spacial score (nSPS) is 12.8. The molecule has 2 rings (SSSR count). The van der Waals surface area contributed by atoms with Crippen molar-refractivity contribution in [3.05, 3.63) is 59.2 Å². The van der Waals surface area contributed by atoms with Gasteiger partial charge in [0.15, 0.2) is 11.5 Å². The van der Waals surface area contributed by atoms with Gasteiger partial charge in [0, 0.05) is 5.92 Å². The minimum Gasteiger partial charge on any atom is -0.493 e. The molecule has 0 spiro atoms. The number of methoxy groups -OCH3 is 2. The third-order valence-corrected chi connectivity index (χ3v) is 3.65. The Kier molecular flexibility index (Phi) is 4.64. The maximum Gasteiger partial charge on any atom is 0.416 e. The van der Waals surface area contributed by atoms with E-state index < -0.39 is 11.7 Å². The first-order chi connectivity index (χ1) is 10.4. The molecule has 118 valence electrons. The Morgan fingerprint density at radius 2 is 1.36 bits per heavy atom. The molecular weight excluding hydrogens is 293 g/mol. The molecule has 2 aromatic rings. The lowest BCUT2D eigenvalue weighted by Gasteiger charge is -2.16. The molecule has 0 radical (unpaired) electrons. The zero-order chi connectivity index (χ0) is 16.3. The van der Waals surface area contributed by atoms with Crippen LogP contribution >= 0.6 is 0 Å². The molecule has 0 aliphatic carbocycles. The molecule has 2 nitrogen and oxygen atoms in total. The molecule has 0 amide bonds. The summed E-state index contributed by atoms with van der Waals surface area (Å²) in [5, 5.41) is 0. The molecule has 2 aromatic carbocycles. The lowest BCUT2D eigenvalue weighted by atomic mass is 9.92. The first-order valence-corrected chi connectivity index (χ1v) is 6.76.